The molecule has 0 unspecified atom stereocenters. The summed E-state index contributed by atoms with van der Waals surface area (Å²) in [4.78, 5) is 4.41. The number of allylic oxidation sites excluding steroid dienone is 1. The van der Waals surface area contributed by atoms with Crippen LogP contribution in [0, 0.1) is 29.1 Å². The van der Waals surface area contributed by atoms with Crippen LogP contribution in [-0.4, -0.2) is 6.21 Å². The number of rotatable bonds is 4. The van der Waals surface area contributed by atoms with Crippen LogP contribution in [0.25, 0.3) is 0 Å². The average molecular weight is 265 g/mol. The van der Waals surface area contributed by atoms with Gasteiger partial charge < -0.3 is 4.84 Å². The zero-order chi connectivity index (χ0) is 13.9. The fraction of sp³-hybridized carbons (Fsp3) is 0.182. The predicted octanol–water partition coefficient (Wildman–Crippen LogP) is 3.46. The topological polar surface area (TPSA) is 21.6 Å². The molecule has 0 saturated heterocycles. The van der Waals surface area contributed by atoms with E-state index >= 15 is 0 Å². The van der Waals surface area contributed by atoms with E-state index in [1.807, 2.05) is 0 Å². The highest BCUT2D eigenvalue weighted by atomic mass is 19.2. The summed E-state index contributed by atoms with van der Waals surface area (Å²) < 4.78 is 64.5. The molecule has 0 radical (unpaired) electrons. The quantitative estimate of drug-likeness (QED) is 0.268. The lowest BCUT2D eigenvalue weighted by molar-refractivity contribution is 0.124. The van der Waals surface area contributed by atoms with Crippen LogP contribution in [0.3, 0.4) is 0 Å². The van der Waals surface area contributed by atoms with Crippen molar-refractivity contribution >= 4 is 6.21 Å². The first-order valence-electron chi connectivity index (χ1n) is 4.67. The summed E-state index contributed by atoms with van der Waals surface area (Å²) in [6.07, 6.45) is 1.13. The van der Waals surface area contributed by atoms with Gasteiger partial charge in [0.2, 0.25) is 5.82 Å². The van der Waals surface area contributed by atoms with Crippen LogP contribution in [-0.2, 0) is 11.4 Å². The van der Waals surface area contributed by atoms with Gasteiger partial charge in [0.1, 0.15) is 6.61 Å². The van der Waals surface area contributed by atoms with Crippen molar-refractivity contribution in [2.45, 2.75) is 13.5 Å². The molecular formula is C11H8F5NO. The first-order valence-corrected chi connectivity index (χ1v) is 4.67. The number of hydrogen-bond donors (Lipinski definition) is 0. The second kappa shape index (κ2) is 5.61. The third kappa shape index (κ3) is 2.85. The summed E-state index contributed by atoms with van der Waals surface area (Å²) in [5, 5.41) is 3.23. The van der Waals surface area contributed by atoms with Gasteiger partial charge in [0.15, 0.2) is 23.3 Å². The first kappa shape index (κ1) is 14.1. The molecule has 1 aromatic carbocycles. The fourth-order valence-corrected chi connectivity index (χ4v) is 1.01. The van der Waals surface area contributed by atoms with E-state index in [0.29, 0.717) is 5.57 Å². The van der Waals surface area contributed by atoms with Crippen molar-refractivity contribution in [2.24, 2.45) is 5.16 Å². The summed E-state index contributed by atoms with van der Waals surface area (Å²) >= 11 is 0. The smallest absolute Gasteiger partial charge is 0.200 e. The van der Waals surface area contributed by atoms with Gasteiger partial charge in [-0.3, -0.25) is 0 Å². The highest BCUT2D eigenvalue weighted by Crippen LogP contribution is 2.23. The fourth-order valence-electron chi connectivity index (χ4n) is 1.01. The van der Waals surface area contributed by atoms with Crippen molar-refractivity contribution in [1.82, 2.24) is 0 Å². The molecular weight excluding hydrogens is 257 g/mol. The molecule has 1 aromatic rings. The average Bonchev–Trinajstić information content (AvgIpc) is 2.32. The SMILES string of the molecule is C=C(C)/C=N/OCc1c(F)c(F)c(F)c(F)c1F. The van der Waals surface area contributed by atoms with E-state index in [0.717, 1.165) is 6.21 Å². The Labute approximate surface area is 99.4 Å². The molecule has 0 fully saturated rings. The number of oxime groups is 1. The van der Waals surface area contributed by atoms with Crippen molar-refractivity contribution in [3.8, 4) is 0 Å². The maximum Gasteiger partial charge on any atom is 0.200 e. The normalized spacial score (nSPS) is 11.0. The maximum absolute atomic E-state index is 13.1. The zero-order valence-electron chi connectivity index (χ0n) is 9.24. The molecule has 0 aliphatic heterocycles. The van der Waals surface area contributed by atoms with Gasteiger partial charge in [-0.2, -0.15) is 0 Å². The second-order valence-electron chi connectivity index (χ2n) is 3.40. The lowest BCUT2D eigenvalue weighted by Crippen LogP contribution is -2.07. The number of nitrogens with zero attached hydrogens (tertiary/aromatic N) is 1. The molecule has 0 heterocycles. The molecule has 98 valence electrons. The van der Waals surface area contributed by atoms with Gasteiger partial charge in [-0.15, -0.1) is 0 Å². The van der Waals surface area contributed by atoms with Gasteiger partial charge in [-0.25, -0.2) is 22.0 Å². The summed E-state index contributed by atoms with van der Waals surface area (Å²) in [7, 11) is 0. The van der Waals surface area contributed by atoms with Crippen molar-refractivity contribution in [1.29, 1.82) is 0 Å². The van der Waals surface area contributed by atoms with Crippen LogP contribution in [0.1, 0.15) is 12.5 Å². The van der Waals surface area contributed by atoms with E-state index in [1.165, 1.54) is 0 Å². The Bertz CT molecular complexity index is 484. The molecule has 18 heavy (non-hydrogen) atoms. The van der Waals surface area contributed by atoms with E-state index in [1.54, 1.807) is 6.92 Å². The first-order chi connectivity index (χ1) is 8.36. The van der Waals surface area contributed by atoms with Crippen molar-refractivity contribution in [3.05, 3.63) is 46.8 Å². The van der Waals surface area contributed by atoms with Crippen LogP contribution in [0.2, 0.25) is 0 Å². The lowest BCUT2D eigenvalue weighted by Gasteiger charge is -2.06. The summed E-state index contributed by atoms with van der Waals surface area (Å²) in [5.41, 5.74) is -0.585. The number of benzene rings is 1. The Kier molecular flexibility index (Phi) is 4.41. The maximum atomic E-state index is 13.1. The Morgan fingerprint density at radius 2 is 1.50 bits per heavy atom. The molecule has 1 rings (SSSR count). The third-order valence-corrected chi connectivity index (χ3v) is 1.86. The molecule has 0 aliphatic rings. The molecule has 0 bridgehead atoms. The molecule has 7 heteroatoms. The zero-order valence-corrected chi connectivity index (χ0v) is 9.24. The van der Waals surface area contributed by atoms with Crippen LogP contribution < -0.4 is 0 Å². The van der Waals surface area contributed by atoms with Gasteiger partial charge in [0.25, 0.3) is 0 Å². The predicted molar refractivity (Wildman–Crippen MR) is 54.3 cm³/mol. The minimum atomic E-state index is -2.21. The van der Waals surface area contributed by atoms with E-state index in [4.69, 9.17) is 0 Å². The van der Waals surface area contributed by atoms with Crippen molar-refractivity contribution in [3.63, 3.8) is 0 Å². The van der Waals surface area contributed by atoms with E-state index in [2.05, 4.69) is 16.6 Å². The number of hydrogen-bond acceptors (Lipinski definition) is 2. The number of halogens is 5. The van der Waals surface area contributed by atoms with Gasteiger partial charge in [-0.05, 0) is 12.5 Å². The van der Waals surface area contributed by atoms with E-state index in [9.17, 15) is 22.0 Å². The molecule has 0 spiro atoms. The third-order valence-electron chi connectivity index (χ3n) is 1.86. The molecule has 0 aliphatic carbocycles. The Hall–Kier alpha value is -1.92. The van der Waals surface area contributed by atoms with Crippen molar-refractivity contribution < 1.29 is 26.8 Å². The highest BCUT2D eigenvalue weighted by molar-refractivity contribution is 5.75. The molecule has 0 N–H and O–H groups in total. The van der Waals surface area contributed by atoms with E-state index in [-0.39, 0.29) is 0 Å². The second-order valence-corrected chi connectivity index (χ2v) is 3.40. The molecule has 0 aromatic heterocycles. The van der Waals surface area contributed by atoms with Gasteiger partial charge in [0.05, 0.1) is 11.8 Å². The lowest BCUT2D eigenvalue weighted by atomic mass is 10.2. The van der Waals surface area contributed by atoms with Crippen LogP contribution in [0.4, 0.5) is 22.0 Å². The molecule has 2 nitrogen and oxygen atoms in total. The monoisotopic (exact) mass is 265 g/mol. The van der Waals surface area contributed by atoms with Gasteiger partial charge in [0, 0.05) is 0 Å². The van der Waals surface area contributed by atoms with Crippen LogP contribution >= 0.6 is 0 Å². The molecule has 0 atom stereocenters. The summed E-state index contributed by atoms with van der Waals surface area (Å²) in [6, 6.07) is 0. The van der Waals surface area contributed by atoms with Crippen LogP contribution in [0.15, 0.2) is 17.3 Å². The largest absolute Gasteiger partial charge is 0.391 e. The molecule has 0 saturated carbocycles. The minimum Gasteiger partial charge on any atom is -0.391 e. The summed E-state index contributed by atoms with van der Waals surface area (Å²) in [5.74, 6) is -10.1. The highest BCUT2D eigenvalue weighted by Gasteiger charge is 2.25. The Balaban J connectivity index is 3.00. The van der Waals surface area contributed by atoms with Crippen molar-refractivity contribution in [2.75, 3.05) is 0 Å². The summed E-state index contributed by atoms with van der Waals surface area (Å²) in [6.45, 7) is 4.12. The minimum absolute atomic E-state index is 0.493. The van der Waals surface area contributed by atoms with E-state index < -0.39 is 41.3 Å². The standard InChI is InChI=1S/C11H8F5NO/c1-5(2)3-17-18-4-6-7(12)9(14)11(16)10(15)8(6)13/h3H,1,4H2,2H3/b17-3+. The Morgan fingerprint density at radius 1 is 1.06 bits per heavy atom. The Morgan fingerprint density at radius 3 is 1.94 bits per heavy atom. The van der Waals surface area contributed by atoms with Gasteiger partial charge >= 0.3 is 0 Å². The van der Waals surface area contributed by atoms with Gasteiger partial charge in [-0.1, -0.05) is 11.7 Å². The molecule has 0 amide bonds. The van der Waals surface area contributed by atoms with Crippen LogP contribution in [0.5, 0.6) is 0 Å².